The summed E-state index contributed by atoms with van der Waals surface area (Å²) in [4.78, 5) is 10.7. The second kappa shape index (κ2) is 6.76. The zero-order valence-corrected chi connectivity index (χ0v) is 13.3. The van der Waals surface area contributed by atoms with Crippen molar-refractivity contribution < 1.29 is 4.92 Å². The summed E-state index contributed by atoms with van der Waals surface area (Å²) in [7, 11) is 0. The van der Waals surface area contributed by atoms with Gasteiger partial charge in [0.05, 0.1) is 10.2 Å². The number of terminal acetylenes is 1. The Hall–Kier alpha value is -2.45. The normalized spacial score (nSPS) is 22.0. The van der Waals surface area contributed by atoms with Crippen LogP contribution in [-0.2, 0) is 0 Å². The molecule has 0 saturated heterocycles. The van der Waals surface area contributed by atoms with Gasteiger partial charge < -0.3 is 5.32 Å². The fourth-order valence-corrected chi connectivity index (χ4v) is 4.22. The molecule has 1 N–H and O–H groups in total. The zero-order chi connectivity index (χ0) is 16.2. The second-order valence-corrected chi connectivity index (χ2v) is 6.53. The molecule has 3 rings (SSSR count). The number of nitro benzene ring substituents is 1. The van der Waals surface area contributed by atoms with E-state index in [-0.39, 0.29) is 15.9 Å². The summed E-state index contributed by atoms with van der Waals surface area (Å²) in [5.41, 5.74) is 4.87. The number of benzene rings is 1. The second-order valence-electron chi connectivity index (χ2n) is 5.32. The number of nitrogens with one attached hydrogen (secondary N) is 1. The summed E-state index contributed by atoms with van der Waals surface area (Å²) in [5, 5.41) is 14.6. The highest BCUT2D eigenvalue weighted by molar-refractivity contribution is 7.99. The maximum Gasteiger partial charge on any atom is 0.269 e. The Morgan fingerprint density at radius 2 is 2.35 bits per heavy atom. The van der Waals surface area contributed by atoms with Crippen molar-refractivity contribution in [2.45, 2.75) is 11.7 Å². The van der Waals surface area contributed by atoms with Crippen LogP contribution in [-0.4, -0.2) is 17.2 Å². The van der Waals surface area contributed by atoms with Crippen LogP contribution < -0.4 is 5.32 Å². The van der Waals surface area contributed by atoms with Gasteiger partial charge in [-0.15, -0.1) is 18.2 Å². The molecule has 1 aromatic rings. The average Bonchev–Trinajstić information content (AvgIpc) is 2.98. The van der Waals surface area contributed by atoms with Crippen LogP contribution in [0.4, 0.5) is 5.69 Å². The number of non-ortho nitro benzene ring substituents is 1. The molecule has 5 heteroatoms. The van der Waals surface area contributed by atoms with Crippen LogP contribution >= 0.6 is 11.8 Å². The third kappa shape index (κ3) is 3.17. The minimum absolute atomic E-state index is 0.126. The van der Waals surface area contributed by atoms with E-state index in [9.17, 15) is 10.1 Å². The molecule has 1 unspecified atom stereocenters. The molecular weight excluding hydrogens is 308 g/mol. The van der Waals surface area contributed by atoms with Crippen LogP contribution in [0.25, 0.3) is 0 Å². The van der Waals surface area contributed by atoms with Crippen molar-refractivity contribution >= 4 is 17.4 Å². The Kier molecular flexibility index (Phi) is 4.54. The summed E-state index contributed by atoms with van der Waals surface area (Å²) in [6.45, 7) is 0.783. The molecule has 2 heterocycles. The van der Waals surface area contributed by atoms with E-state index in [0.29, 0.717) is 0 Å². The molecular formula is C18H16N2O2S. The van der Waals surface area contributed by atoms with Crippen molar-refractivity contribution in [1.82, 2.24) is 5.32 Å². The molecule has 0 amide bonds. The molecule has 4 nitrogen and oxygen atoms in total. The highest BCUT2D eigenvalue weighted by Crippen LogP contribution is 2.45. The van der Waals surface area contributed by atoms with E-state index in [2.05, 4.69) is 17.3 Å². The molecule has 0 aromatic heterocycles. The summed E-state index contributed by atoms with van der Waals surface area (Å²) >= 11 is 1.82. The molecule has 0 spiro atoms. The van der Waals surface area contributed by atoms with Gasteiger partial charge in [0, 0.05) is 24.4 Å². The number of rotatable bonds is 3. The van der Waals surface area contributed by atoms with Crippen LogP contribution in [0.5, 0.6) is 0 Å². The van der Waals surface area contributed by atoms with Gasteiger partial charge in [0.25, 0.3) is 5.69 Å². The minimum Gasteiger partial charge on any atom is -0.383 e. The van der Waals surface area contributed by atoms with Gasteiger partial charge in [-0.05, 0) is 35.0 Å². The molecule has 2 aliphatic rings. The van der Waals surface area contributed by atoms with Crippen LogP contribution in [0.15, 0.2) is 59.3 Å². The molecule has 1 aromatic carbocycles. The molecule has 23 heavy (non-hydrogen) atoms. The summed E-state index contributed by atoms with van der Waals surface area (Å²) in [5.74, 6) is 3.49. The number of hydrogen-bond donors (Lipinski definition) is 1. The van der Waals surface area contributed by atoms with Gasteiger partial charge in [0.15, 0.2) is 0 Å². The lowest BCUT2D eigenvalue weighted by Gasteiger charge is -2.24. The molecule has 0 fully saturated rings. The Balaban J connectivity index is 1.94. The van der Waals surface area contributed by atoms with E-state index in [0.717, 1.165) is 24.3 Å². The smallest absolute Gasteiger partial charge is 0.269 e. The Bertz CT molecular complexity index is 771. The molecule has 2 aliphatic heterocycles. The van der Waals surface area contributed by atoms with E-state index in [1.807, 2.05) is 23.9 Å². The van der Waals surface area contributed by atoms with Gasteiger partial charge in [0.2, 0.25) is 0 Å². The number of nitrogens with zero attached hydrogens (tertiary/aromatic N) is 1. The van der Waals surface area contributed by atoms with Crippen molar-refractivity contribution in [2.75, 3.05) is 12.3 Å². The molecule has 0 bridgehead atoms. The zero-order valence-electron chi connectivity index (χ0n) is 12.5. The molecule has 0 saturated carbocycles. The lowest BCUT2D eigenvalue weighted by molar-refractivity contribution is -0.384. The summed E-state index contributed by atoms with van der Waals surface area (Å²) < 4.78 is 0. The van der Waals surface area contributed by atoms with Crippen molar-refractivity contribution in [3.8, 4) is 12.3 Å². The molecule has 0 aliphatic carbocycles. The minimum atomic E-state index is -0.343. The maximum atomic E-state index is 11.0. The lowest BCUT2D eigenvalue weighted by Crippen LogP contribution is -2.16. The van der Waals surface area contributed by atoms with Crippen LogP contribution in [0.3, 0.4) is 0 Å². The maximum absolute atomic E-state index is 11.0. The SMILES string of the molecule is C#C/C=C\C=C1/CNC2=C1CCSC2c1cccc([N+](=O)[O-])c1. The highest BCUT2D eigenvalue weighted by atomic mass is 32.2. The van der Waals surface area contributed by atoms with Gasteiger partial charge in [-0.2, -0.15) is 0 Å². The first-order valence-electron chi connectivity index (χ1n) is 7.36. The van der Waals surface area contributed by atoms with Crippen LogP contribution in [0, 0.1) is 22.5 Å². The quantitative estimate of drug-likeness (QED) is 0.523. The molecule has 116 valence electrons. The third-order valence-electron chi connectivity index (χ3n) is 3.95. The summed E-state index contributed by atoms with van der Waals surface area (Å²) in [6, 6.07) is 6.92. The van der Waals surface area contributed by atoms with E-state index in [4.69, 9.17) is 6.42 Å². The number of hydrogen-bond acceptors (Lipinski definition) is 4. The van der Waals surface area contributed by atoms with Crippen LogP contribution in [0.1, 0.15) is 17.2 Å². The number of thioether (sulfide) groups is 1. The fraction of sp³-hybridized carbons (Fsp3) is 0.222. The van der Waals surface area contributed by atoms with Crippen LogP contribution in [0.2, 0.25) is 0 Å². The lowest BCUT2D eigenvalue weighted by atomic mass is 9.99. The number of allylic oxidation sites excluding steroid dienone is 3. The van der Waals surface area contributed by atoms with E-state index < -0.39 is 0 Å². The Labute approximate surface area is 139 Å². The third-order valence-corrected chi connectivity index (χ3v) is 5.24. The van der Waals surface area contributed by atoms with E-state index >= 15 is 0 Å². The standard InChI is InChI=1S/C18H16N2O2S/c1-2-3-4-6-14-12-19-17-16(14)9-10-23-18(17)13-7-5-8-15(11-13)20(21)22/h1,3-8,11,18-19H,9-10,12H2/b4-3-,14-6+. The largest absolute Gasteiger partial charge is 0.383 e. The Morgan fingerprint density at radius 3 is 3.13 bits per heavy atom. The topological polar surface area (TPSA) is 55.2 Å². The van der Waals surface area contributed by atoms with Gasteiger partial charge in [0.1, 0.15) is 0 Å². The molecule has 0 radical (unpaired) electrons. The van der Waals surface area contributed by atoms with Crippen molar-refractivity contribution in [1.29, 1.82) is 0 Å². The summed E-state index contributed by atoms with van der Waals surface area (Å²) in [6.07, 6.45) is 11.9. The van der Waals surface area contributed by atoms with Gasteiger partial charge in [-0.25, -0.2) is 0 Å². The van der Waals surface area contributed by atoms with Gasteiger partial charge in [-0.1, -0.05) is 30.2 Å². The first-order chi connectivity index (χ1) is 11.2. The monoisotopic (exact) mass is 324 g/mol. The fourth-order valence-electron chi connectivity index (χ4n) is 2.93. The van der Waals surface area contributed by atoms with Crippen molar-refractivity contribution in [3.05, 3.63) is 75.0 Å². The van der Waals surface area contributed by atoms with Gasteiger partial charge in [-0.3, -0.25) is 10.1 Å². The predicted molar refractivity (Wildman–Crippen MR) is 94.0 cm³/mol. The first kappa shape index (κ1) is 15.4. The highest BCUT2D eigenvalue weighted by Gasteiger charge is 2.31. The molecule has 1 atom stereocenters. The van der Waals surface area contributed by atoms with Crippen molar-refractivity contribution in [3.63, 3.8) is 0 Å². The Morgan fingerprint density at radius 1 is 1.48 bits per heavy atom. The van der Waals surface area contributed by atoms with E-state index in [1.54, 1.807) is 18.2 Å². The number of nitro groups is 1. The van der Waals surface area contributed by atoms with Crippen molar-refractivity contribution in [2.24, 2.45) is 0 Å². The van der Waals surface area contributed by atoms with Gasteiger partial charge >= 0.3 is 0 Å². The average molecular weight is 324 g/mol. The first-order valence-corrected chi connectivity index (χ1v) is 8.40. The van der Waals surface area contributed by atoms with E-state index in [1.165, 1.54) is 22.9 Å². The predicted octanol–water partition coefficient (Wildman–Crippen LogP) is 3.75.